The first-order chi connectivity index (χ1) is 13.1. The average Bonchev–Trinajstić information content (AvgIpc) is 3.12. The molecule has 0 unspecified atom stereocenters. The van der Waals surface area contributed by atoms with E-state index in [2.05, 4.69) is 39.3 Å². The number of carbonyl (C=O) groups excluding carboxylic acids is 1. The molecular formula is C21H19N5O. The van der Waals surface area contributed by atoms with Gasteiger partial charge in [0.15, 0.2) is 5.78 Å². The third-order valence-electron chi connectivity index (χ3n) is 4.49. The van der Waals surface area contributed by atoms with Crippen molar-refractivity contribution in [1.82, 2.24) is 19.5 Å². The number of fused-ring (bicyclic) bond motifs is 1. The summed E-state index contributed by atoms with van der Waals surface area (Å²) in [4.78, 5) is 25.1. The number of Topliss-reactive ketones (excluding diaryl/α,β-unsaturated/α-hetero) is 1. The van der Waals surface area contributed by atoms with Crippen LogP contribution in [-0.2, 0) is 0 Å². The first kappa shape index (κ1) is 16.9. The molecule has 0 fully saturated rings. The monoisotopic (exact) mass is 357 g/mol. The van der Waals surface area contributed by atoms with Gasteiger partial charge in [-0.1, -0.05) is 30.3 Å². The second kappa shape index (κ2) is 6.99. The molecule has 6 nitrogen and oxygen atoms in total. The summed E-state index contributed by atoms with van der Waals surface area (Å²) in [6.45, 7) is 3.62. The van der Waals surface area contributed by atoms with Gasteiger partial charge in [0.05, 0.1) is 17.1 Å². The fourth-order valence-corrected chi connectivity index (χ4v) is 2.98. The molecule has 0 spiro atoms. The van der Waals surface area contributed by atoms with E-state index in [4.69, 9.17) is 0 Å². The molecule has 1 atom stereocenters. The van der Waals surface area contributed by atoms with Crippen molar-refractivity contribution in [2.75, 3.05) is 5.32 Å². The van der Waals surface area contributed by atoms with Crippen LogP contribution in [0.2, 0.25) is 0 Å². The Hall–Kier alpha value is -3.54. The third kappa shape index (κ3) is 3.42. The number of hydrogen-bond acceptors (Lipinski definition) is 5. The summed E-state index contributed by atoms with van der Waals surface area (Å²) < 4.78 is 1.86. The first-order valence-electron chi connectivity index (χ1n) is 8.75. The summed E-state index contributed by atoms with van der Waals surface area (Å²) in [7, 11) is 0. The SMILES string of the molecule is CC(=O)c1ccc2ncn(-c3ccnc(N[C@@H](C)c4ccccc4)n3)c2c1. The normalized spacial score (nSPS) is 12.1. The molecule has 0 aliphatic carbocycles. The minimum absolute atomic E-state index is 0.0198. The highest BCUT2D eigenvalue weighted by atomic mass is 16.1. The van der Waals surface area contributed by atoms with Gasteiger partial charge in [0.25, 0.3) is 0 Å². The number of aromatic nitrogens is 4. The van der Waals surface area contributed by atoms with Gasteiger partial charge < -0.3 is 5.32 Å². The second-order valence-electron chi connectivity index (χ2n) is 6.39. The molecule has 0 aliphatic rings. The number of anilines is 1. The zero-order valence-corrected chi connectivity index (χ0v) is 15.1. The van der Waals surface area contributed by atoms with E-state index in [1.165, 1.54) is 0 Å². The molecule has 4 rings (SSSR count). The zero-order valence-electron chi connectivity index (χ0n) is 15.1. The van der Waals surface area contributed by atoms with Crippen molar-refractivity contribution in [1.29, 1.82) is 0 Å². The van der Waals surface area contributed by atoms with Crippen LogP contribution in [0.5, 0.6) is 0 Å². The van der Waals surface area contributed by atoms with Gasteiger partial charge in [0, 0.05) is 11.8 Å². The van der Waals surface area contributed by atoms with E-state index in [9.17, 15) is 4.79 Å². The second-order valence-corrected chi connectivity index (χ2v) is 6.39. The van der Waals surface area contributed by atoms with E-state index in [-0.39, 0.29) is 11.8 Å². The van der Waals surface area contributed by atoms with Gasteiger partial charge in [-0.05, 0) is 43.7 Å². The van der Waals surface area contributed by atoms with Crippen molar-refractivity contribution in [2.45, 2.75) is 19.9 Å². The highest BCUT2D eigenvalue weighted by Crippen LogP contribution is 2.21. The lowest BCUT2D eigenvalue weighted by Crippen LogP contribution is -2.10. The number of ketones is 1. The van der Waals surface area contributed by atoms with Crippen LogP contribution in [0.4, 0.5) is 5.95 Å². The molecule has 1 N–H and O–H groups in total. The van der Waals surface area contributed by atoms with Crippen LogP contribution in [-0.4, -0.2) is 25.3 Å². The van der Waals surface area contributed by atoms with Crippen LogP contribution >= 0.6 is 0 Å². The maximum Gasteiger partial charge on any atom is 0.225 e. The molecule has 134 valence electrons. The van der Waals surface area contributed by atoms with E-state index < -0.39 is 0 Å². The van der Waals surface area contributed by atoms with Crippen LogP contribution in [0.25, 0.3) is 16.9 Å². The molecule has 27 heavy (non-hydrogen) atoms. The van der Waals surface area contributed by atoms with Crippen LogP contribution in [0.1, 0.15) is 35.8 Å². The Bertz CT molecular complexity index is 1100. The van der Waals surface area contributed by atoms with Crippen LogP contribution in [0.3, 0.4) is 0 Å². The van der Waals surface area contributed by atoms with Crippen molar-refractivity contribution in [3.05, 3.63) is 78.2 Å². The lowest BCUT2D eigenvalue weighted by Gasteiger charge is -2.14. The Labute approximate surface area is 156 Å². The molecule has 2 aromatic heterocycles. The zero-order chi connectivity index (χ0) is 18.8. The highest BCUT2D eigenvalue weighted by molar-refractivity contribution is 5.97. The molecule has 0 aliphatic heterocycles. The molecular weight excluding hydrogens is 338 g/mol. The topological polar surface area (TPSA) is 72.7 Å². The standard InChI is InChI=1S/C21H19N5O/c1-14(16-6-4-3-5-7-16)24-21-22-11-10-20(25-21)26-13-23-18-9-8-17(15(2)27)12-19(18)26/h3-14H,1-2H3,(H,22,24,25)/t14-/m0/s1. The van der Waals surface area contributed by atoms with E-state index in [0.29, 0.717) is 17.3 Å². The molecule has 0 amide bonds. The van der Waals surface area contributed by atoms with Gasteiger partial charge in [0.2, 0.25) is 5.95 Å². The van der Waals surface area contributed by atoms with Crippen LogP contribution in [0.15, 0.2) is 67.1 Å². The fraction of sp³-hybridized carbons (Fsp3) is 0.143. The Morgan fingerprint density at radius 1 is 1.07 bits per heavy atom. The number of imidazole rings is 1. The molecule has 0 saturated heterocycles. The highest BCUT2D eigenvalue weighted by Gasteiger charge is 2.11. The largest absolute Gasteiger partial charge is 0.348 e. The summed E-state index contributed by atoms with van der Waals surface area (Å²) in [6, 6.07) is 17.5. The van der Waals surface area contributed by atoms with Gasteiger partial charge in [-0.2, -0.15) is 4.98 Å². The fourth-order valence-electron chi connectivity index (χ4n) is 2.98. The molecule has 0 radical (unpaired) electrons. The Balaban J connectivity index is 1.67. The number of hydrogen-bond donors (Lipinski definition) is 1. The van der Waals surface area contributed by atoms with Gasteiger partial charge in [-0.15, -0.1) is 0 Å². The number of nitrogens with one attached hydrogen (secondary N) is 1. The quantitative estimate of drug-likeness (QED) is 0.542. The van der Waals surface area contributed by atoms with Crippen molar-refractivity contribution in [3.8, 4) is 5.82 Å². The van der Waals surface area contributed by atoms with E-state index in [0.717, 1.165) is 16.6 Å². The third-order valence-corrected chi connectivity index (χ3v) is 4.49. The Morgan fingerprint density at radius 3 is 2.67 bits per heavy atom. The molecule has 0 saturated carbocycles. The van der Waals surface area contributed by atoms with Crippen molar-refractivity contribution >= 4 is 22.8 Å². The van der Waals surface area contributed by atoms with Crippen LogP contribution < -0.4 is 5.32 Å². The minimum Gasteiger partial charge on any atom is -0.348 e. The van der Waals surface area contributed by atoms with Gasteiger partial charge >= 0.3 is 0 Å². The van der Waals surface area contributed by atoms with Crippen LogP contribution in [0, 0.1) is 0 Å². The molecule has 2 aromatic carbocycles. The summed E-state index contributed by atoms with van der Waals surface area (Å²) in [5.74, 6) is 1.25. The average molecular weight is 357 g/mol. The summed E-state index contributed by atoms with van der Waals surface area (Å²) >= 11 is 0. The molecule has 0 bridgehead atoms. The van der Waals surface area contributed by atoms with E-state index in [1.54, 1.807) is 25.5 Å². The lowest BCUT2D eigenvalue weighted by atomic mass is 10.1. The van der Waals surface area contributed by atoms with E-state index in [1.807, 2.05) is 41.0 Å². The first-order valence-corrected chi connectivity index (χ1v) is 8.75. The Kier molecular flexibility index (Phi) is 4.38. The number of nitrogens with zero attached hydrogens (tertiary/aromatic N) is 4. The number of benzene rings is 2. The lowest BCUT2D eigenvalue weighted by molar-refractivity contribution is 0.101. The smallest absolute Gasteiger partial charge is 0.225 e. The van der Waals surface area contributed by atoms with E-state index >= 15 is 0 Å². The van der Waals surface area contributed by atoms with Gasteiger partial charge in [-0.25, -0.2) is 9.97 Å². The van der Waals surface area contributed by atoms with Crippen molar-refractivity contribution in [2.24, 2.45) is 0 Å². The van der Waals surface area contributed by atoms with Gasteiger partial charge in [-0.3, -0.25) is 9.36 Å². The van der Waals surface area contributed by atoms with Crippen molar-refractivity contribution in [3.63, 3.8) is 0 Å². The number of carbonyl (C=O) groups is 1. The number of rotatable bonds is 5. The van der Waals surface area contributed by atoms with Crippen molar-refractivity contribution < 1.29 is 4.79 Å². The predicted octanol–water partition coefficient (Wildman–Crippen LogP) is 4.19. The molecule has 6 heteroatoms. The molecule has 4 aromatic rings. The minimum atomic E-state index is 0.0198. The summed E-state index contributed by atoms with van der Waals surface area (Å²) in [6.07, 6.45) is 3.42. The maximum absolute atomic E-state index is 11.7. The maximum atomic E-state index is 11.7. The predicted molar refractivity (Wildman–Crippen MR) is 105 cm³/mol. The molecule has 2 heterocycles. The van der Waals surface area contributed by atoms with Gasteiger partial charge in [0.1, 0.15) is 12.1 Å². The summed E-state index contributed by atoms with van der Waals surface area (Å²) in [5.41, 5.74) is 3.45. The Morgan fingerprint density at radius 2 is 1.89 bits per heavy atom. The summed E-state index contributed by atoms with van der Waals surface area (Å²) in [5, 5.41) is 3.33.